The number of carbonyl (C=O) groups excluding carboxylic acids is 3. The zero-order valence-electron chi connectivity index (χ0n) is 26.4. The SMILES string of the molecule is CC(=O)O[C@@H](CCNC(=O)OCc1ccc([N+](=O)[O-])cc1)C[C@@H]1C[C@@H](O[Si](C)(C)C(C)(C)C)CN1C(=O)OC(C)(C)C. The first-order valence-corrected chi connectivity index (χ1v) is 17.2. The number of alkyl carbamates (subject to hydrolysis) is 1. The summed E-state index contributed by atoms with van der Waals surface area (Å²) in [6.07, 6.45) is -0.618. The second-order valence-corrected chi connectivity index (χ2v) is 18.0. The summed E-state index contributed by atoms with van der Waals surface area (Å²) in [6.45, 7) is 18.1. The molecule has 1 aliphatic rings. The van der Waals surface area contributed by atoms with Crippen LogP contribution < -0.4 is 5.32 Å². The normalized spacial score (nSPS) is 18.3. The number of rotatable bonds is 11. The molecule has 1 N–H and O–H groups in total. The third kappa shape index (κ3) is 11.2. The molecule has 3 atom stereocenters. The van der Waals surface area contributed by atoms with E-state index in [4.69, 9.17) is 18.6 Å². The molecule has 0 aliphatic carbocycles. The van der Waals surface area contributed by atoms with Gasteiger partial charge in [-0.25, -0.2) is 9.59 Å². The number of esters is 1. The molecule has 0 spiro atoms. The third-order valence-corrected chi connectivity index (χ3v) is 11.9. The number of benzene rings is 1. The molecule has 1 aliphatic heterocycles. The van der Waals surface area contributed by atoms with Crippen LogP contribution in [0.1, 0.15) is 73.3 Å². The van der Waals surface area contributed by atoms with Crippen molar-refractivity contribution in [3.8, 4) is 0 Å². The van der Waals surface area contributed by atoms with Gasteiger partial charge < -0.3 is 28.9 Å². The van der Waals surface area contributed by atoms with Crippen LogP contribution in [0.5, 0.6) is 0 Å². The molecule has 0 bridgehead atoms. The number of likely N-dealkylation sites (tertiary alicyclic amines) is 1. The molecule has 42 heavy (non-hydrogen) atoms. The first-order valence-electron chi connectivity index (χ1n) is 14.3. The molecule has 0 radical (unpaired) electrons. The van der Waals surface area contributed by atoms with E-state index < -0.39 is 43.1 Å². The molecule has 2 amide bonds. The third-order valence-electron chi connectivity index (χ3n) is 7.39. The lowest BCUT2D eigenvalue weighted by atomic mass is 10.0. The Hall–Kier alpha value is -3.19. The van der Waals surface area contributed by atoms with Crippen molar-refractivity contribution in [1.82, 2.24) is 10.2 Å². The van der Waals surface area contributed by atoms with Gasteiger partial charge in [-0.2, -0.15) is 0 Å². The first-order chi connectivity index (χ1) is 19.3. The van der Waals surface area contributed by atoms with E-state index in [1.54, 1.807) is 4.90 Å². The lowest BCUT2D eigenvalue weighted by Crippen LogP contribution is -2.45. The van der Waals surface area contributed by atoms with Crippen molar-refractivity contribution in [3.63, 3.8) is 0 Å². The maximum atomic E-state index is 13.2. The van der Waals surface area contributed by atoms with Crippen LogP contribution in [0.25, 0.3) is 0 Å². The van der Waals surface area contributed by atoms with E-state index in [0.29, 0.717) is 31.4 Å². The highest BCUT2D eigenvalue weighted by Gasteiger charge is 2.45. The largest absolute Gasteiger partial charge is 0.462 e. The molecule has 13 heteroatoms. The first kappa shape index (κ1) is 35.0. The smallest absolute Gasteiger partial charge is 0.410 e. The van der Waals surface area contributed by atoms with Crippen LogP contribution in [0.4, 0.5) is 15.3 Å². The van der Waals surface area contributed by atoms with Gasteiger partial charge in [0.1, 0.15) is 18.3 Å². The highest BCUT2D eigenvalue weighted by molar-refractivity contribution is 6.74. The van der Waals surface area contributed by atoms with Crippen LogP contribution in [0.2, 0.25) is 18.1 Å². The van der Waals surface area contributed by atoms with Gasteiger partial charge in [-0.15, -0.1) is 0 Å². The van der Waals surface area contributed by atoms with Crippen molar-refractivity contribution in [2.75, 3.05) is 13.1 Å². The molecular weight excluding hydrogens is 562 g/mol. The predicted octanol–water partition coefficient (Wildman–Crippen LogP) is 5.93. The average Bonchev–Trinajstić information content (AvgIpc) is 3.22. The second kappa shape index (κ2) is 14.3. The average molecular weight is 610 g/mol. The number of nitro groups is 1. The number of amides is 2. The number of ether oxygens (including phenoxy) is 3. The van der Waals surface area contributed by atoms with Gasteiger partial charge in [0.2, 0.25) is 0 Å². The molecule has 12 nitrogen and oxygen atoms in total. The molecule has 1 aromatic rings. The number of non-ortho nitro benzene ring substituents is 1. The van der Waals surface area contributed by atoms with Gasteiger partial charge in [-0.3, -0.25) is 14.9 Å². The van der Waals surface area contributed by atoms with E-state index in [1.807, 2.05) is 20.8 Å². The summed E-state index contributed by atoms with van der Waals surface area (Å²) >= 11 is 0. The Labute approximate surface area is 249 Å². The molecule has 0 saturated carbocycles. The van der Waals surface area contributed by atoms with Gasteiger partial charge in [0.05, 0.1) is 11.0 Å². The highest BCUT2D eigenvalue weighted by Crippen LogP contribution is 2.39. The van der Waals surface area contributed by atoms with Crippen LogP contribution in [-0.2, 0) is 30.0 Å². The Balaban J connectivity index is 2.02. The Bertz CT molecular complexity index is 1100. The van der Waals surface area contributed by atoms with Gasteiger partial charge in [0.15, 0.2) is 8.32 Å². The van der Waals surface area contributed by atoms with E-state index in [9.17, 15) is 24.5 Å². The Kier molecular flexibility index (Phi) is 11.9. The maximum Gasteiger partial charge on any atom is 0.410 e. The van der Waals surface area contributed by atoms with Crippen molar-refractivity contribution >= 4 is 32.2 Å². The molecule has 2 rings (SSSR count). The van der Waals surface area contributed by atoms with Crippen molar-refractivity contribution < 1.29 is 37.9 Å². The van der Waals surface area contributed by atoms with E-state index >= 15 is 0 Å². The quantitative estimate of drug-likeness (QED) is 0.106. The van der Waals surface area contributed by atoms with Gasteiger partial charge >= 0.3 is 18.2 Å². The van der Waals surface area contributed by atoms with Gasteiger partial charge in [-0.05, 0) is 63.0 Å². The fourth-order valence-electron chi connectivity index (χ4n) is 4.33. The van der Waals surface area contributed by atoms with E-state index in [0.717, 1.165) is 0 Å². The van der Waals surface area contributed by atoms with E-state index in [1.165, 1.54) is 31.2 Å². The summed E-state index contributed by atoms with van der Waals surface area (Å²) in [5, 5.41) is 13.4. The fourth-order valence-corrected chi connectivity index (χ4v) is 5.69. The van der Waals surface area contributed by atoms with Gasteiger partial charge in [0, 0.05) is 51.0 Å². The van der Waals surface area contributed by atoms with Gasteiger partial charge in [0.25, 0.3) is 5.69 Å². The summed E-state index contributed by atoms with van der Waals surface area (Å²) in [5.74, 6) is -0.461. The van der Waals surface area contributed by atoms with Crippen LogP contribution in [0.3, 0.4) is 0 Å². The molecule has 1 saturated heterocycles. The van der Waals surface area contributed by atoms with E-state index in [2.05, 4.69) is 39.2 Å². The standard InChI is InChI=1S/C29H47N3O9Si/c1-20(33)39-24(14-15-30-26(34)38-19-21-10-12-22(13-11-21)32(36)37)16-23-17-25(41-42(8,9)29(5,6)7)18-31(23)27(35)40-28(2,3)4/h10-13,23-25H,14-19H2,1-9H3,(H,30,34)/t23-,24+,25-/m1/s1. The zero-order chi connectivity index (χ0) is 31.9. The van der Waals surface area contributed by atoms with Crippen molar-refractivity contribution in [2.45, 2.75) is 116 Å². The summed E-state index contributed by atoms with van der Waals surface area (Å²) in [6, 6.07) is 5.43. The minimum absolute atomic E-state index is 0.000856. The van der Waals surface area contributed by atoms with Crippen molar-refractivity contribution in [1.29, 1.82) is 0 Å². The second-order valence-electron chi connectivity index (χ2n) is 13.2. The molecule has 1 heterocycles. The van der Waals surface area contributed by atoms with Crippen LogP contribution in [0, 0.1) is 10.1 Å². The number of hydrogen-bond acceptors (Lipinski definition) is 9. The van der Waals surface area contributed by atoms with Crippen LogP contribution in [-0.4, -0.2) is 73.2 Å². The predicted molar refractivity (Wildman–Crippen MR) is 159 cm³/mol. The summed E-state index contributed by atoms with van der Waals surface area (Å²) in [7, 11) is -2.11. The minimum Gasteiger partial charge on any atom is -0.462 e. The molecular formula is C29H47N3O9Si. The minimum atomic E-state index is -2.11. The number of hydrogen-bond donors (Lipinski definition) is 1. The Morgan fingerprint density at radius 3 is 2.26 bits per heavy atom. The zero-order valence-corrected chi connectivity index (χ0v) is 27.4. The fraction of sp³-hybridized carbons (Fsp3) is 0.690. The molecule has 0 unspecified atom stereocenters. The maximum absolute atomic E-state index is 13.2. The number of nitrogens with one attached hydrogen (secondary N) is 1. The summed E-state index contributed by atoms with van der Waals surface area (Å²) < 4.78 is 23.1. The topological polar surface area (TPSA) is 147 Å². The van der Waals surface area contributed by atoms with Gasteiger partial charge in [-0.1, -0.05) is 20.8 Å². The van der Waals surface area contributed by atoms with Crippen LogP contribution in [0.15, 0.2) is 24.3 Å². The number of nitrogens with zero attached hydrogens (tertiary/aromatic N) is 2. The molecule has 1 fully saturated rings. The molecule has 236 valence electrons. The lowest BCUT2D eigenvalue weighted by Gasteiger charge is -2.38. The summed E-state index contributed by atoms with van der Waals surface area (Å²) in [5.41, 5.74) is -0.120. The lowest BCUT2D eigenvalue weighted by molar-refractivity contribution is -0.384. The molecule has 1 aromatic carbocycles. The van der Waals surface area contributed by atoms with Crippen LogP contribution >= 0.6 is 0 Å². The van der Waals surface area contributed by atoms with Crippen molar-refractivity contribution in [2.24, 2.45) is 0 Å². The monoisotopic (exact) mass is 609 g/mol. The number of carbonyl (C=O) groups is 3. The van der Waals surface area contributed by atoms with Crippen molar-refractivity contribution in [3.05, 3.63) is 39.9 Å². The molecule has 0 aromatic heterocycles. The Morgan fingerprint density at radius 2 is 1.74 bits per heavy atom. The Morgan fingerprint density at radius 1 is 1.12 bits per heavy atom. The highest BCUT2D eigenvalue weighted by atomic mass is 28.4. The number of nitro benzene ring substituents is 1. The van der Waals surface area contributed by atoms with E-state index in [-0.39, 0.29) is 36.0 Å². The summed E-state index contributed by atoms with van der Waals surface area (Å²) in [4.78, 5) is 49.3.